The van der Waals surface area contributed by atoms with E-state index < -0.39 is 0 Å². The van der Waals surface area contributed by atoms with Gasteiger partial charge in [-0.3, -0.25) is 14.6 Å². The highest BCUT2D eigenvalue weighted by molar-refractivity contribution is 7.16. The van der Waals surface area contributed by atoms with E-state index in [0.717, 1.165) is 27.3 Å². The van der Waals surface area contributed by atoms with Gasteiger partial charge in [0.15, 0.2) is 0 Å². The Morgan fingerprint density at radius 1 is 1.20 bits per heavy atom. The Morgan fingerprint density at radius 2 is 2.06 bits per heavy atom. The first-order valence-corrected chi connectivity index (χ1v) is 12.6. The predicted molar refractivity (Wildman–Crippen MR) is 135 cm³/mol. The third-order valence-electron chi connectivity index (χ3n) is 6.02. The first-order chi connectivity index (χ1) is 17.1. The highest BCUT2D eigenvalue weighted by Gasteiger charge is 2.27. The molecule has 1 aliphatic rings. The van der Waals surface area contributed by atoms with Crippen molar-refractivity contribution < 1.29 is 14.3 Å². The summed E-state index contributed by atoms with van der Waals surface area (Å²) in [5.74, 6) is 0.737. The topological polar surface area (TPSA) is 95.3 Å². The number of hydrogen-bond acceptors (Lipinski definition) is 6. The van der Waals surface area contributed by atoms with Gasteiger partial charge in [-0.05, 0) is 55.0 Å². The van der Waals surface area contributed by atoms with Crippen molar-refractivity contribution in [3.63, 3.8) is 0 Å². The molecule has 0 aliphatic carbocycles. The van der Waals surface area contributed by atoms with Crippen LogP contribution in [0.15, 0.2) is 48.8 Å². The smallest absolute Gasteiger partial charge is 0.225 e. The molecule has 0 atom stereocenters. The molecule has 0 unspecified atom stereocenters. The largest absolute Gasteiger partial charge is 0.494 e. The molecule has 2 aromatic heterocycles. The van der Waals surface area contributed by atoms with Crippen molar-refractivity contribution in [2.75, 3.05) is 18.5 Å². The molecule has 8 heteroatoms. The van der Waals surface area contributed by atoms with Gasteiger partial charge >= 0.3 is 0 Å². The Kier molecular flexibility index (Phi) is 8.11. The van der Waals surface area contributed by atoms with E-state index in [2.05, 4.69) is 16.4 Å². The summed E-state index contributed by atoms with van der Waals surface area (Å²) in [4.78, 5) is 32.4. The molecule has 1 aliphatic heterocycles. The van der Waals surface area contributed by atoms with Crippen LogP contribution in [0.4, 0.5) is 5.00 Å². The zero-order chi connectivity index (χ0) is 24.6. The van der Waals surface area contributed by atoms with Crippen molar-refractivity contribution in [1.29, 1.82) is 5.26 Å². The lowest BCUT2D eigenvalue weighted by atomic mass is 10.0. The van der Waals surface area contributed by atoms with Gasteiger partial charge in [0.25, 0.3) is 0 Å². The number of ether oxygens (including phenoxy) is 1. The van der Waals surface area contributed by atoms with Gasteiger partial charge in [0, 0.05) is 36.7 Å². The molecule has 3 aromatic rings. The highest BCUT2D eigenvalue weighted by atomic mass is 32.1. The quantitative estimate of drug-likeness (QED) is 0.478. The maximum Gasteiger partial charge on any atom is 0.225 e. The van der Waals surface area contributed by atoms with E-state index in [9.17, 15) is 14.9 Å². The van der Waals surface area contributed by atoms with Crippen LogP contribution in [0, 0.1) is 11.3 Å². The van der Waals surface area contributed by atoms with Gasteiger partial charge in [-0.25, -0.2) is 0 Å². The Balaban J connectivity index is 1.37. The summed E-state index contributed by atoms with van der Waals surface area (Å²) in [6.07, 6.45) is 6.03. The van der Waals surface area contributed by atoms with E-state index in [4.69, 9.17) is 4.74 Å². The molecule has 0 fully saturated rings. The lowest BCUT2D eigenvalue weighted by Crippen LogP contribution is -2.35. The Labute approximate surface area is 209 Å². The van der Waals surface area contributed by atoms with Crippen molar-refractivity contribution in [1.82, 2.24) is 9.88 Å². The van der Waals surface area contributed by atoms with Crippen LogP contribution in [0.5, 0.6) is 5.75 Å². The summed E-state index contributed by atoms with van der Waals surface area (Å²) < 4.78 is 5.64. The second-order valence-electron chi connectivity index (χ2n) is 8.34. The summed E-state index contributed by atoms with van der Waals surface area (Å²) in [6.45, 7) is 3.55. The van der Waals surface area contributed by atoms with Crippen LogP contribution >= 0.6 is 11.3 Å². The van der Waals surface area contributed by atoms with E-state index >= 15 is 0 Å². The van der Waals surface area contributed by atoms with Crippen molar-refractivity contribution in [3.8, 4) is 11.8 Å². The second-order valence-corrected chi connectivity index (χ2v) is 9.44. The molecule has 7 nitrogen and oxygen atoms in total. The number of fused-ring (bicyclic) bond motifs is 1. The molecule has 4 rings (SSSR count). The van der Waals surface area contributed by atoms with E-state index in [1.165, 1.54) is 11.3 Å². The van der Waals surface area contributed by atoms with Crippen LogP contribution in [0.3, 0.4) is 0 Å². The van der Waals surface area contributed by atoms with Crippen LogP contribution in [0.25, 0.3) is 0 Å². The number of para-hydroxylation sites is 1. The third-order valence-corrected chi connectivity index (χ3v) is 7.15. The van der Waals surface area contributed by atoms with Gasteiger partial charge in [-0.1, -0.05) is 24.3 Å². The standard InChI is InChI=1S/C27H28N4O3S/c1-2-34-23-8-4-3-7-20(23)10-11-25(32)30-27-22(16-28)21-13-15-31(18-24(21)35-27)26(33)12-9-19-6-5-14-29-17-19/h3-8,14,17H,2,9-13,15,18H2,1H3,(H,30,32). The zero-order valence-electron chi connectivity index (χ0n) is 19.8. The molecule has 0 bridgehead atoms. The second kappa shape index (κ2) is 11.6. The molecule has 0 saturated heterocycles. The van der Waals surface area contributed by atoms with Crippen LogP contribution in [0.2, 0.25) is 0 Å². The molecule has 2 amide bonds. The predicted octanol–water partition coefficient (Wildman–Crippen LogP) is 4.50. The number of amides is 2. The number of nitrogens with zero attached hydrogens (tertiary/aromatic N) is 3. The minimum Gasteiger partial charge on any atom is -0.494 e. The zero-order valence-corrected chi connectivity index (χ0v) is 20.6. The van der Waals surface area contributed by atoms with Gasteiger partial charge < -0.3 is 15.0 Å². The monoisotopic (exact) mass is 488 g/mol. The maximum atomic E-state index is 12.8. The molecule has 0 spiro atoms. The third kappa shape index (κ3) is 6.06. The number of anilines is 1. The molecule has 1 aromatic carbocycles. The first-order valence-electron chi connectivity index (χ1n) is 11.8. The summed E-state index contributed by atoms with van der Waals surface area (Å²) >= 11 is 1.40. The van der Waals surface area contributed by atoms with Gasteiger partial charge in [0.05, 0.1) is 18.7 Å². The number of aromatic nitrogens is 1. The molecular formula is C27H28N4O3S. The minimum atomic E-state index is -0.143. The molecule has 0 radical (unpaired) electrons. The highest BCUT2D eigenvalue weighted by Crippen LogP contribution is 2.37. The van der Waals surface area contributed by atoms with Crippen LogP contribution in [-0.4, -0.2) is 34.8 Å². The Hall–Kier alpha value is -3.70. The molecule has 1 N–H and O–H groups in total. The van der Waals surface area contributed by atoms with Crippen molar-refractivity contribution in [3.05, 3.63) is 75.9 Å². The maximum absolute atomic E-state index is 12.8. The minimum absolute atomic E-state index is 0.0879. The number of nitrogens with one attached hydrogen (secondary N) is 1. The Morgan fingerprint density at radius 3 is 2.83 bits per heavy atom. The lowest BCUT2D eigenvalue weighted by Gasteiger charge is -2.27. The fourth-order valence-corrected chi connectivity index (χ4v) is 5.45. The van der Waals surface area contributed by atoms with Crippen molar-refractivity contribution >= 4 is 28.2 Å². The van der Waals surface area contributed by atoms with Crippen molar-refractivity contribution in [2.24, 2.45) is 0 Å². The van der Waals surface area contributed by atoms with Gasteiger partial charge in [0.2, 0.25) is 11.8 Å². The summed E-state index contributed by atoms with van der Waals surface area (Å²) in [6, 6.07) is 13.8. The normalized spacial score (nSPS) is 12.5. The number of benzene rings is 1. The van der Waals surface area contributed by atoms with Gasteiger partial charge in [-0.2, -0.15) is 5.26 Å². The molecule has 35 heavy (non-hydrogen) atoms. The average Bonchev–Trinajstić information content (AvgIpc) is 3.23. The summed E-state index contributed by atoms with van der Waals surface area (Å²) in [5, 5.41) is 13.3. The SMILES string of the molecule is CCOc1ccccc1CCC(=O)Nc1sc2c(c1C#N)CCN(C(=O)CCc1cccnc1)C2. The number of carbonyl (C=O) groups is 2. The fourth-order valence-electron chi connectivity index (χ4n) is 4.22. The summed E-state index contributed by atoms with van der Waals surface area (Å²) in [7, 11) is 0. The lowest BCUT2D eigenvalue weighted by molar-refractivity contribution is -0.132. The van der Waals surface area contributed by atoms with Crippen LogP contribution < -0.4 is 10.1 Å². The number of aryl methyl sites for hydroxylation is 2. The molecule has 180 valence electrons. The first kappa shape index (κ1) is 24.4. The average molecular weight is 489 g/mol. The number of rotatable bonds is 9. The number of pyridine rings is 1. The van der Waals surface area contributed by atoms with E-state index in [1.807, 2.05) is 48.2 Å². The van der Waals surface area contributed by atoms with Gasteiger partial charge in [0.1, 0.15) is 16.8 Å². The number of thiophene rings is 1. The molecule has 0 saturated carbocycles. The van der Waals surface area contributed by atoms with E-state index in [-0.39, 0.29) is 18.2 Å². The van der Waals surface area contributed by atoms with Crippen LogP contribution in [0.1, 0.15) is 46.9 Å². The van der Waals surface area contributed by atoms with E-state index in [1.54, 1.807) is 12.4 Å². The Bertz CT molecular complexity index is 1230. The van der Waals surface area contributed by atoms with Gasteiger partial charge in [-0.15, -0.1) is 11.3 Å². The summed E-state index contributed by atoms with van der Waals surface area (Å²) in [5.41, 5.74) is 3.49. The number of nitriles is 1. The van der Waals surface area contributed by atoms with Crippen molar-refractivity contribution in [2.45, 2.75) is 45.6 Å². The van der Waals surface area contributed by atoms with Crippen LogP contribution in [-0.2, 0) is 35.4 Å². The molecule has 3 heterocycles. The van der Waals surface area contributed by atoms with E-state index in [0.29, 0.717) is 55.9 Å². The molecular weight excluding hydrogens is 460 g/mol. The fraction of sp³-hybridized carbons (Fsp3) is 0.333. The number of hydrogen-bond donors (Lipinski definition) is 1. The number of carbonyl (C=O) groups excluding carboxylic acids is 2.